The summed E-state index contributed by atoms with van der Waals surface area (Å²) in [5.41, 5.74) is 1.52. The molecule has 2 amide bonds. The average Bonchev–Trinajstić information content (AvgIpc) is 2.78. The van der Waals surface area contributed by atoms with Crippen molar-refractivity contribution in [1.82, 2.24) is 0 Å². The normalized spacial score (nSPS) is 11.5. The summed E-state index contributed by atoms with van der Waals surface area (Å²) in [5.74, 6) is -0.362. The van der Waals surface area contributed by atoms with Gasteiger partial charge in [0, 0.05) is 21.8 Å². The average molecular weight is 473 g/mol. The maximum atomic E-state index is 13.1. The Morgan fingerprint density at radius 3 is 2.41 bits per heavy atom. The zero-order valence-corrected chi connectivity index (χ0v) is 19.1. The topological polar surface area (TPSA) is 67.4 Å². The van der Waals surface area contributed by atoms with E-state index in [0.717, 1.165) is 4.90 Å². The van der Waals surface area contributed by atoms with Gasteiger partial charge in [0.1, 0.15) is 11.6 Å². The molecule has 0 radical (unpaired) electrons. The second kappa shape index (κ2) is 11.0. The van der Waals surface area contributed by atoms with Gasteiger partial charge in [-0.25, -0.2) is 4.39 Å². The molecule has 2 N–H and O–H groups in total. The Morgan fingerprint density at radius 1 is 1.03 bits per heavy atom. The fourth-order valence-electron chi connectivity index (χ4n) is 2.91. The van der Waals surface area contributed by atoms with Crippen LogP contribution >= 0.6 is 23.4 Å². The molecule has 0 aromatic heterocycles. The van der Waals surface area contributed by atoms with Gasteiger partial charge in [-0.15, -0.1) is 11.8 Å². The summed E-state index contributed by atoms with van der Waals surface area (Å²) in [7, 11) is 1.53. The number of hydrogen-bond donors (Lipinski definition) is 2. The van der Waals surface area contributed by atoms with Gasteiger partial charge in [0.25, 0.3) is 5.91 Å². The van der Waals surface area contributed by atoms with E-state index in [1.54, 1.807) is 36.4 Å². The highest BCUT2D eigenvalue weighted by molar-refractivity contribution is 8.00. The highest BCUT2D eigenvalue weighted by Crippen LogP contribution is 2.30. The van der Waals surface area contributed by atoms with Gasteiger partial charge in [-0.1, -0.05) is 24.6 Å². The van der Waals surface area contributed by atoms with Gasteiger partial charge in [-0.2, -0.15) is 0 Å². The first-order valence-electron chi connectivity index (χ1n) is 9.87. The number of methoxy groups -OCH3 is 1. The Labute approximate surface area is 195 Å². The van der Waals surface area contributed by atoms with Gasteiger partial charge >= 0.3 is 0 Å². The van der Waals surface area contributed by atoms with Gasteiger partial charge in [0.05, 0.1) is 17.4 Å². The number of thioether (sulfide) groups is 1. The summed E-state index contributed by atoms with van der Waals surface area (Å²) in [6.45, 7) is 1.93. The van der Waals surface area contributed by atoms with Crippen molar-refractivity contribution < 1.29 is 18.7 Å². The summed E-state index contributed by atoms with van der Waals surface area (Å²) in [5, 5.41) is 5.74. The molecule has 166 valence electrons. The predicted octanol–water partition coefficient (Wildman–Crippen LogP) is 6.25. The standard InChI is InChI=1S/C24H22ClFN2O3S/c1-3-22(24(30)28-18-11-12-21(31-2)20(25)14-18)32-19-6-4-5-17(13-19)27-23(29)15-7-9-16(26)10-8-15/h4-14,22H,3H2,1-2H3,(H,27,29)(H,28,30). The van der Waals surface area contributed by atoms with E-state index in [0.29, 0.717) is 34.1 Å². The summed E-state index contributed by atoms with van der Waals surface area (Å²) in [6, 6.07) is 17.6. The maximum Gasteiger partial charge on any atom is 0.255 e. The third kappa shape index (κ3) is 6.24. The van der Waals surface area contributed by atoms with Crippen LogP contribution in [0.2, 0.25) is 5.02 Å². The van der Waals surface area contributed by atoms with Crippen molar-refractivity contribution in [2.75, 3.05) is 17.7 Å². The van der Waals surface area contributed by atoms with E-state index < -0.39 is 5.82 Å². The predicted molar refractivity (Wildman–Crippen MR) is 127 cm³/mol. The van der Waals surface area contributed by atoms with Crippen molar-refractivity contribution in [2.45, 2.75) is 23.5 Å². The zero-order valence-electron chi connectivity index (χ0n) is 17.5. The molecule has 0 aliphatic heterocycles. The maximum absolute atomic E-state index is 13.1. The highest BCUT2D eigenvalue weighted by Gasteiger charge is 2.19. The third-order valence-corrected chi connectivity index (χ3v) is 6.21. The van der Waals surface area contributed by atoms with E-state index in [4.69, 9.17) is 16.3 Å². The molecule has 3 aromatic carbocycles. The highest BCUT2D eigenvalue weighted by atomic mass is 35.5. The zero-order chi connectivity index (χ0) is 23.1. The van der Waals surface area contributed by atoms with Gasteiger partial charge in [0.2, 0.25) is 5.91 Å². The molecule has 3 aromatic rings. The van der Waals surface area contributed by atoms with Crippen molar-refractivity contribution >= 4 is 46.6 Å². The van der Waals surface area contributed by atoms with Crippen LogP contribution in [0.4, 0.5) is 15.8 Å². The first-order valence-corrected chi connectivity index (χ1v) is 11.1. The first kappa shape index (κ1) is 23.6. The molecule has 0 bridgehead atoms. The lowest BCUT2D eigenvalue weighted by Gasteiger charge is -2.16. The number of carbonyl (C=O) groups excluding carboxylic acids is 2. The Balaban J connectivity index is 1.65. The second-order valence-electron chi connectivity index (χ2n) is 6.84. The van der Waals surface area contributed by atoms with Gasteiger partial charge < -0.3 is 15.4 Å². The smallest absolute Gasteiger partial charge is 0.255 e. The van der Waals surface area contributed by atoms with Crippen LogP contribution < -0.4 is 15.4 Å². The van der Waals surface area contributed by atoms with Crippen LogP contribution in [0.25, 0.3) is 0 Å². The molecule has 5 nitrogen and oxygen atoms in total. The van der Waals surface area contributed by atoms with Crippen LogP contribution in [0.1, 0.15) is 23.7 Å². The SMILES string of the molecule is CCC(Sc1cccc(NC(=O)c2ccc(F)cc2)c1)C(=O)Nc1ccc(OC)c(Cl)c1. The molecule has 1 atom stereocenters. The van der Waals surface area contributed by atoms with E-state index in [9.17, 15) is 14.0 Å². The number of hydrogen-bond acceptors (Lipinski definition) is 4. The summed E-state index contributed by atoms with van der Waals surface area (Å²) < 4.78 is 18.2. The lowest BCUT2D eigenvalue weighted by atomic mass is 10.2. The molecule has 0 saturated carbocycles. The van der Waals surface area contributed by atoms with Crippen LogP contribution in [-0.2, 0) is 4.79 Å². The summed E-state index contributed by atoms with van der Waals surface area (Å²) in [4.78, 5) is 26.0. The fourth-order valence-corrected chi connectivity index (χ4v) is 4.18. The third-order valence-electron chi connectivity index (χ3n) is 4.56. The molecule has 0 fully saturated rings. The number of anilines is 2. The van der Waals surface area contributed by atoms with Crippen molar-refractivity contribution in [3.8, 4) is 5.75 Å². The van der Waals surface area contributed by atoms with Crippen molar-refractivity contribution in [3.05, 3.63) is 83.1 Å². The number of carbonyl (C=O) groups is 2. The minimum atomic E-state index is -0.402. The van der Waals surface area contributed by atoms with Crippen molar-refractivity contribution in [2.24, 2.45) is 0 Å². The van der Waals surface area contributed by atoms with Crippen LogP contribution in [0.15, 0.2) is 71.6 Å². The van der Waals surface area contributed by atoms with Crippen LogP contribution in [-0.4, -0.2) is 24.2 Å². The number of benzene rings is 3. The van der Waals surface area contributed by atoms with E-state index in [-0.39, 0.29) is 17.1 Å². The number of amides is 2. The van der Waals surface area contributed by atoms with Crippen molar-refractivity contribution in [1.29, 1.82) is 0 Å². The Kier molecular flexibility index (Phi) is 8.14. The van der Waals surface area contributed by atoms with Crippen LogP contribution in [0, 0.1) is 5.82 Å². The number of rotatable bonds is 8. The lowest BCUT2D eigenvalue weighted by molar-refractivity contribution is -0.115. The Hall–Kier alpha value is -3.03. The molecule has 0 aliphatic carbocycles. The molecule has 0 saturated heterocycles. The van der Waals surface area contributed by atoms with Crippen LogP contribution in [0.5, 0.6) is 5.75 Å². The fraction of sp³-hybridized carbons (Fsp3) is 0.167. The van der Waals surface area contributed by atoms with E-state index in [2.05, 4.69) is 10.6 Å². The quantitative estimate of drug-likeness (QED) is 0.380. The monoisotopic (exact) mass is 472 g/mol. The minimum Gasteiger partial charge on any atom is -0.495 e. The molecule has 3 rings (SSSR count). The summed E-state index contributed by atoms with van der Waals surface area (Å²) >= 11 is 7.53. The summed E-state index contributed by atoms with van der Waals surface area (Å²) in [6.07, 6.45) is 0.604. The van der Waals surface area contributed by atoms with E-state index in [1.165, 1.54) is 43.1 Å². The largest absolute Gasteiger partial charge is 0.495 e. The molecule has 32 heavy (non-hydrogen) atoms. The van der Waals surface area contributed by atoms with Crippen LogP contribution in [0.3, 0.4) is 0 Å². The molecule has 0 heterocycles. The Morgan fingerprint density at radius 2 is 1.75 bits per heavy atom. The molecule has 1 unspecified atom stereocenters. The molecular weight excluding hydrogens is 451 g/mol. The molecule has 0 spiro atoms. The lowest BCUT2D eigenvalue weighted by Crippen LogP contribution is -2.24. The van der Waals surface area contributed by atoms with Gasteiger partial charge in [0.15, 0.2) is 0 Å². The molecular formula is C24H22ClFN2O3S. The molecule has 0 aliphatic rings. The van der Waals surface area contributed by atoms with Crippen molar-refractivity contribution in [3.63, 3.8) is 0 Å². The number of nitrogens with one attached hydrogen (secondary N) is 2. The Bertz CT molecular complexity index is 1110. The number of ether oxygens (including phenoxy) is 1. The van der Waals surface area contributed by atoms with E-state index in [1.807, 2.05) is 13.0 Å². The van der Waals surface area contributed by atoms with E-state index >= 15 is 0 Å². The van der Waals surface area contributed by atoms with Gasteiger partial charge in [-0.05, 0) is 67.1 Å². The molecule has 8 heteroatoms. The number of halogens is 2. The second-order valence-corrected chi connectivity index (χ2v) is 8.53. The van der Waals surface area contributed by atoms with Gasteiger partial charge in [-0.3, -0.25) is 9.59 Å². The minimum absolute atomic E-state index is 0.153. The first-order chi connectivity index (χ1) is 15.4.